The summed E-state index contributed by atoms with van der Waals surface area (Å²) in [4.78, 5) is 41.9. The van der Waals surface area contributed by atoms with Crippen LogP contribution in [0.5, 0.6) is 0 Å². The first-order valence-electron chi connectivity index (χ1n) is 9.57. The second-order valence-corrected chi connectivity index (χ2v) is 8.84. The summed E-state index contributed by atoms with van der Waals surface area (Å²) in [7, 11) is -5.11. The van der Waals surface area contributed by atoms with Crippen molar-refractivity contribution in [1.82, 2.24) is 19.5 Å². The third kappa shape index (κ3) is 4.72. The Morgan fingerprint density at radius 3 is 2.58 bits per heavy atom. The lowest BCUT2D eigenvalue weighted by atomic mass is 10.1. The lowest BCUT2D eigenvalue weighted by Crippen LogP contribution is -2.36. The molecule has 3 aromatic rings. The summed E-state index contributed by atoms with van der Waals surface area (Å²) in [6, 6.07) is 9.20. The number of carboxylic acid groups (broad SMARTS) is 1. The number of aliphatic hydroxyl groups excluding tert-OH is 2. The van der Waals surface area contributed by atoms with Crippen molar-refractivity contribution in [2.75, 3.05) is 11.9 Å². The van der Waals surface area contributed by atoms with E-state index in [0.717, 1.165) is 5.69 Å². The number of aromatic nitrogens is 4. The van der Waals surface area contributed by atoms with Crippen LogP contribution in [0, 0.1) is 0 Å². The average Bonchev–Trinajstić information content (AvgIpc) is 3.30. The molecule has 2 aromatic heterocycles. The Hall–Kier alpha value is -2.97. The number of aliphatic carboxylic acids is 1. The molecule has 0 saturated carbocycles. The van der Waals surface area contributed by atoms with Crippen LogP contribution < -0.4 is 5.32 Å². The summed E-state index contributed by atoms with van der Waals surface area (Å²) >= 11 is 0. The van der Waals surface area contributed by atoms with Crippen LogP contribution in [-0.4, -0.2) is 81.4 Å². The van der Waals surface area contributed by atoms with Crippen LogP contribution in [-0.2, 0) is 18.8 Å². The van der Waals surface area contributed by atoms with E-state index in [1.165, 1.54) is 17.2 Å². The first kappa shape index (κ1) is 23.2. The van der Waals surface area contributed by atoms with Gasteiger partial charge in [0.05, 0.1) is 12.9 Å². The van der Waals surface area contributed by atoms with Gasteiger partial charge in [0.2, 0.25) is 0 Å². The highest BCUT2D eigenvalue weighted by atomic mass is 31.2. The minimum absolute atomic E-state index is 0.278. The minimum atomic E-state index is -5.11. The molecule has 3 heterocycles. The lowest BCUT2D eigenvalue weighted by molar-refractivity contribution is -0.149. The van der Waals surface area contributed by atoms with E-state index >= 15 is 0 Å². The molecule has 14 nitrogen and oxygen atoms in total. The molecule has 0 spiro atoms. The molecule has 0 amide bonds. The number of rotatable bonds is 8. The van der Waals surface area contributed by atoms with Crippen LogP contribution in [0.2, 0.25) is 0 Å². The van der Waals surface area contributed by atoms with E-state index in [0.29, 0.717) is 11.3 Å². The van der Waals surface area contributed by atoms with Gasteiger partial charge < -0.3 is 39.9 Å². The normalized spacial score (nSPS) is 24.1. The third-order valence-electron chi connectivity index (χ3n) is 4.94. The zero-order valence-electron chi connectivity index (χ0n) is 16.7. The van der Waals surface area contributed by atoms with Crippen molar-refractivity contribution in [2.24, 2.45) is 0 Å². The standard InChI is InChI=1S/C18H20N5O9P/c24-12-10(6-31-18(17(26)27)33(28,29)30)32-16(13(12)25)23-8-21-11-14(19-7-20-15(11)23)22-9-4-2-1-3-5-9/h1-5,7-8,10,12-13,16,18,24-25H,6H2,(H,26,27)(H,19,20,22)(H2,28,29,30). The van der Waals surface area contributed by atoms with E-state index in [4.69, 9.17) is 24.4 Å². The van der Waals surface area contributed by atoms with Gasteiger partial charge in [0.1, 0.15) is 24.6 Å². The number of para-hydroxylation sites is 1. The highest BCUT2D eigenvalue weighted by Gasteiger charge is 2.46. The number of carboxylic acids is 1. The molecule has 1 aromatic carbocycles. The minimum Gasteiger partial charge on any atom is -0.479 e. The number of hydrogen-bond acceptors (Lipinski definition) is 10. The van der Waals surface area contributed by atoms with Crippen LogP contribution >= 0.6 is 7.60 Å². The van der Waals surface area contributed by atoms with Gasteiger partial charge in [-0.25, -0.2) is 19.7 Å². The molecular formula is C18H20N5O9P. The van der Waals surface area contributed by atoms with Crippen LogP contribution in [0.1, 0.15) is 6.23 Å². The molecule has 0 aliphatic carbocycles. The fourth-order valence-corrected chi connectivity index (χ4v) is 3.95. The predicted molar refractivity (Wildman–Crippen MR) is 110 cm³/mol. The van der Waals surface area contributed by atoms with Crippen LogP contribution in [0.25, 0.3) is 11.2 Å². The van der Waals surface area contributed by atoms with Gasteiger partial charge in [0.15, 0.2) is 23.2 Å². The van der Waals surface area contributed by atoms with Crippen LogP contribution in [0.3, 0.4) is 0 Å². The second kappa shape index (κ2) is 9.11. The number of benzene rings is 1. The van der Waals surface area contributed by atoms with E-state index < -0.39 is 50.6 Å². The topological polar surface area (TPSA) is 209 Å². The molecule has 5 unspecified atom stereocenters. The number of nitrogens with one attached hydrogen (secondary N) is 1. The first-order valence-corrected chi connectivity index (χ1v) is 11.3. The smallest absolute Gasteiger partial charge is 0.365 e. The van der Waals surface area contributed by atoms with Crippen molar-refractivity contribution in [3.63, 3.8) is 0 Å². The van der Waals surface area contributed by atoms with Crippen molar-refractivity contribution in [3.8, 4) is 0 Å². The zero-order chi connectivity index (χ0) is 23.8. The fourth-order valence-electron chi connectivity index (χ4n) is 3.38. The number of carbonyl (C=O) groups is 1. The lowest BCUT2D eigenvalue weighted by Gasteiger charge is -2.19. The van der Waals surface area contributed by atoms with Gasteiger partial charge in [-0.05, 0) is 12.1 Å². The summed E-state index contributed by atoms with van der Waals surface area (Å²) in [5.41, 5.74) is 1.40. The monoisotopic (exact) mass is 481 g/mol. The van der Waals surface area contributed by atoms with Gasteiger partial charge in [-0.2, -0.15) is 0 Å². The van der Waals surface area contributed by atoms with Crippen molar-refractivity contribution < 1.29 is 43.9 Å². The third-order valence-corrected chi connectivity index (χ3v) is 5.92. The van der Waals surface area contributed by atoms with Gasteiger partial charge in [-0.15, -0.1) is 0 Å². The number of fused-ring (bicyclic) bond motifs is 1. The predicted octanol–water partition coefficient (Wildman–Crippen LogP) is -0.206. The number of ether oxygens (including phenoxy) is 2. The van der Waals surface area contributed by atoms with Gasteiger partial charge in [-0.3, -0.25) is 9.13 Å². The highest BCUT2D eigenvalue weighted by Crippen LogP contribution is 2.42. The van der Waals surface area contributed by atoms with Crippen molar-refractivity contribution in [3.05, 3.63) is 43.0 Å². The van der Waals surface area contributed by atoms with Crippen LogP contribution in [0.15, 0.2) is 43.0 Å². The van der Waals surface area contributed by atoms with E-state index in [9.17, 15) is 19.6 Å². The molecule has 4 rings (SSSR count). The molecule has 1 aliphatic rings. The van der Waals surface area contributed by atoms with Gasteiger partial charge in [-0.1, -0.05) is 18.2 Å². The van der Waals surface area contributed by atoms with E-state index in [1.807, 2.05) is 30.3 Å². The SMILES string of the molecule is O=C(O)C(OCC1OC(n2cnc3c(Nc4ccccc4)ncnc32)C(O)C1O)P(=O)(O)O. The van der Waals surface area contributed by atoms with Crippen LogP contribution in [0.4, 0.5) is 11.5 Å². The average molecular weight is 481 g/mol. The molecule has 5 atom stereocenters. The maximum atomic E-state index is 11.3. The summed E-state index contributed by atoms with van der Waals surface area (Å²) < 4.78 is 23.0. The molecule has 33 heavy (non-hydrogen) atoms. The second-order valence-electron chi connectivity index (χ2n) is 7.20. The summed E-state index contributed by atoms with van der Waals surface area (Å²) in [5, 5.41) is 32.9. The molecule has 0 radical (unpaired) electrons. The van der Waals surface area contributed by atoms with E-state index in [-0.39, 0.29) is 5.65 Å². The van der Waals surface area contributed by atoms with Gasteiger partial charge in [0.25, 0.3) is 5.85 Å². The molecule has 15 heteroatoms. The molecular weight excluding hydrogens is 461 g/mol. The Kier molecular flexibility index (Phi) is 6.41. The van der Waals surface area contributed by atoms with Crippen molar-refractivity contribution >= 4 is 36.2 Å². The first-order chi connectivity index (χ1) is 15.7. The Morgan fingerprint density at radius 1 is 1.18 bits per heavy atom. The summed E-state index contributed by atoms with van der Waals surface area (Å²) in [6.07, 6.45) is -2.88. The maximum absolute atomic E-state index is 11.3. The zero-order valence-corrected chi connectivity index (χ0v) is 17.6. The van der Waals surface area contributed by atoms with Crippen molar-refractivity contribution in [2.45, 2.75) is 30.4 Å². The number of nitrogens with zero attached hydrogens (tertiary/aromatic N) is 4. The number of anilines is 2. The van der Waals surface area contributed by atoms with E-state index in [2.05, 4.69) is 20.3 Å². The van der Waals surface area contributed by atoms with Gasteiger partial charge in [0, 0.05) is 5.69 Å². The number of imidazole rings is 1. The molecule has 6 N–H and O–H groups in total. The molecule has 0 bridgehead atoms. The Morgan fingerprint density at radius 2 is 1.91 bits per heavy atom. The number of aliphatic hydroxyl groups is 2. The Balaban J connectivity index is 1.54. The summed E-state index contributed by atoms with van der Waals surface area (Å²) in [5.74, 6) is -3.91. The molecule has 1 saturated heterocycles. The highest BCUT2D eigenvalue weighted by molar-refractivity contribution is 7.53. The maximum Gasteiger partial charge on any atom is 0.365 e. The Bertz CT molecular complexity index is 1190. The number of hydrogen-bond donors (Lipinski definition) is 6. The molecule has 1 fully saturated rings. The summed E-state index contributed by atoms with van der Waals surface area (Å²) in [6.45, 7) is -0.695. The molecule has 176 valence electrons. The van der Waals surface area contributed by atoms with E-state index in [1.54, 1.807) is 0 Å². The van der Waals surface area contributed by atoms with Gasteiger partial charge >= 0.3 is 13.6 Å². The van der Waals surface area contributed by atoms with Crippen molar-refractivity contribution in [1.29, 1.82) is 0 Å². The Labute approximate surface area is 185 Å². The quantitative estimate of drug-likeness (QED) is 0.230. The fraction of sp³-hybridized carbons (Fsp3) is 0.333. The largest absolute Gasteiger partial charge is 0.479 e. The molecule has 1 aliphatic heterocycles.